The Morgan fingerprint density at radius 2 is 1.78 bits per heavy atom. The molecular weight excluding hydrogens is 340 g/mol. The minimum atomic E-state index is -0.401. The smallest absolute Gasteiger partial charge is 0.237 e. The fraction of sp³-hybridized carbons (Fsp3) is 0.682. The van der Waals surface area contributed by atoms with E-state index in [1.54, 1.807) is 7.05 Å². The third-order valence-corrected chi connectivity index (χ3v) is 6.53. The van der Waals surface area contributed by atoms with Crippen LogP contribution in [0.5, 0.6) is 0 Å². The van der Waals surface area contributed by atoms with Crippen molar-refractivity contribution in [3.63, 3.8) is 0 Å². The van der Waals surface area contributed by atoms with E-state index in [0.717, 1.165) is 13.0 Å². The van der Waals surface area contributed by atoms with Crippen molar-refractivity contribution in [3.8, 4) is 0 Å². The van der Waals surface area contributed by atoms with Gasteiger partial charge in [0.15, 0.2) is 0 Å². The zero-order valence-corrected chi connectivity index (χ0v) is 17.5. The first-order valence-corrected chi connectivity index (χ1v) is 10.1. The molecule has 1 N–H and O–H groups in total. The van der Waals surface area contributed by atoms with Crippen molar-refractivity contribution in [2.24, 2.45) is 0 Å². The van der Waals surface area contributed by atoms with E-state index in [0.29, 0.717) is 6.42 Å². The molecule has 27 heavy (non-hydrogen) atoms. The second-order valence-corrected chi connectivity index (χ2v) is 8.76. The largest absolute Gasteiger partial charge is 0.367 e. The maximum Gasteiger partial charge on any atom is 0.237 e. The lowest BCUT2D eigenvalue weighted by Crippen LogP contribution is -2.70. The topological polar surface area (TPSA) is 50.8 Å². The Morgan fingerprint density at radius 1 is 1.15 bits per heavy atom. The van der Waals surface area contributed by atoms with E-state index < -0.39 is 5.60 Å². The predicted molar refractivity (Wildman–Crippen MR) is 106 cm³/mol. The summed E-state index contributed by atoms with van der Waals surface area (Å²) in [7, 11) is 1.71. The standard InChI is InChI=1S/C22H34N2O3/c1-7-16-19-18(26-21(2,3)22(4,5)27-19)13-17(20(25)23-6)24(16)14-15-11-9-8-10-12-15/h8-12,16-19H,7,13-14H2,1-6H3,(H,23,25)/t16-,17+,18-,19-/m1/s1. The SMILES string of the molecule is CC[C@@H]1[C@H]2OC(C)(C)C(C)(C)O[C@@H]2C[C@@H](C(=O)NC)N1Cc1ccccc1. The van der Waals surface area contributed by atoms with Crippen LogP contribution in [0.2, 0.25) is 0 Å². The highest BCUT2D eigenvalue weighted by atomic mass is 16.6. The van der Waals surface area contributed by atoms with Gasteiger partial charge in [-0.2, -0.15) is 0 Å². The van der Waals surface area contributed by atoms with Gasteiger partial charge in [0.05, 0.1) is 23.3 Å². The number of carbonyl (C=O) groups excluding carboxylic acids is 1. The van der Waals surface area contributed by atoms with Crippen LogP contribution < -0.4 is 5.32 Å². The van der Waals surface area contributed by atoms with Crippen LogP contribution >= 0.6 is 0 Å². The van der Waals surface area contributed by atoms with Crippen LogP contribution in [-0.2, 0) is 20.8 Å². The number of carbonyl (C=O) groups is 1. The van der Waals surface area contributed by atoms with E-state index in [9.17, 15) is 4.79 Å². The van der Waals surface area contributed by atoms with E-state index in [4.69, 9.17) is 9.47 Å². The summed E-state index contributed by atoms with van der Waals surface area (Å²) in [5, 5.41) is 2.85. The Hall–Kier alpha value is -1.43. The fourth-order valence-electron chi connectivity index (χ4n) is 4.34. The van der Waals surface area contributed by atoms with Crippen molar-refractivity contribution in [1.29, 1.82) is 0 Å². The van der Waals surface area contributed by atoms with Gasteiger partial charge in [-0.3, -0.25) is 9.69 Å². The molecule has 2 aliphatic heterocycles. The number of nitrogens with one attached hydrogen (secondary N) is 1. The quantitative estimate of drug-likeness (QED) is 0.880. The highest BCUT2D eigenvalue weighted by molar-refractivity contribution is 5.81. The summed E-state index contributed by atoms with van der Waals surface area (Å²) in [6, 6.07) is 10.2. The minimum absolute atomic E-state index is 0.0392. The van der Waals surface area contributed by atoms with Crippen molar-refractivity contribution in [2.75, 3.05) is 7.05 Å². The number of likely N-dealkylation sites (N-methyl/N-ethyl adjacent to an activating group) is 1. The maximum absolute atomic E-state index is 12.7. The van der Waals surface area contributed by atoms with Crippen LogP contribution in [0, 0.1) is 0 Å². The van der Waals surface area contributed by atoms with Crippen LogP contribution in [0.3, 0.4) is 0 Å². The molecule has 2 saturated heterocycles. The van der Waals surface area contributed by atoms with Crippen molar-refractivity contribution in [3.05, 3.63) is 35.9 Å². The summed E-state index contributed by atoms with van der Waals surface area (Å²) in [6.07, 6.45) is 1.43. The lowest BCUT2D eigenvalue weighted by atomic mass is 9.81. The Balaban J connectivity index is 1.94. The lowest BCUT2D eigenvalue weighted by Gasteiger charge is -2.58. The molecule has 0 bridgehead atoms. The van der Waals surface area contributed by atoms with E-state index in [1.165, 1.54) is 5.56 Å². The molecule has 2 fully saturated rings. The van der Waals surface area contributed by atoms with Crippen molar-refractivity contribution >= 4 is 5.91 Å². The molecule has 1 aromatic carbocycles. The summed E-state index contributed by atoms with van der Waals surface area (Å²) in [5.74, 6) is 0.0501. The number of likely N-dealkylation sites (tertiary alicyclic amines) is 1. The summed E-state index contributed by atoms with van der Waals surface area (Å²) in [4.78, 5) is 15.1. The molecule has 2 aliphatic rings. The number of ether oxygens (including phenoxy) is 2. The average Bonchev–Trinajstić information content (AvgIpc) is 2.62. The predicted octanol–water partition coefficient (Wildman–Crippen LogP) is 3.13. The van der Waals surface area contributed by atoms with Gasteiger partial charge in [-0.1, -0.05) is 37.3 Å². The number of rotatable bonds is 4. The average molecular weight is 375 g/mol. The normalized spacial score (nSPS) is 32.5. The van der Waals surface area contributed by atoms with Crippen LogP contribution in [0.1, 0.15) is 53.0 Å². The lowest BCUT2D eigenvalue weighted by molar-refractivity contribution is -0.319. The third-order valence-electron chi connectivity index (χ3n) is 6.53. The maximum atomic E-state index is 12.7. The first kappa shape index (κ1) is 20.3. The number of amides is 1. The Kier molecular flexibility index (Phi) is 5.67. The van der Waals surface area contributed by atoms with Gasteiger partial charge in [0.1, 0.15) is 6.10 Å². The van der Waals surface area contributed by atoms with Crippen molar-refractivity contribution in [2.45, 2.75) is 89.5 Å². The molecule has 5 nitrogen and oxygen atoms in total. The third kappa shape index (κ3) is 3.78. The highest BCUT2D eigenvalue weighted by Crippen LogP contribution is 2.43. The first-order chi connectivity index (χ1) is 12.7. The van der Waals surface area contributed by atoms with Gasteiger partial charge in [-0.05, 0) is 39.7 Å². The first-order valence-electron chi connectivity index (χ1n) is 10.1. The van der Waals surface area contributed by atoms with E-state index >= 15 is 0 Å². The summed E-state index contributed by atoms with van der Waals surface area (Å²) < 4.78 is 13.1. The Bertz CT molecular complexity index is 659. The molecule has 0 unspecified atom stereocenters. The number of hydrogen-bond acceptors (Lipinski definition) is 4. The Morgan fingerprint density at radius 3 is 2.37 bits per heavy atom. The van der Waals surface area contributed by atoms with E-state index in [-0.39, 0.29) is 35.8 Å². The van der Waals surface area contributed by atoms with Crippen LogP contribution in [0.25, 0.3) is 0 Å². The number of fused-ring (bicyclic) bond motifs is 1. The molecule has 5 heteroatoms. The highest BCUT2D eigenvalue weighted by Gasteiger charge is 2.55. The number of piperidine rings is 1. The van der Waals surface area contributed by atoms with Crippen LogP contribution in [0.15, 0.2) is 30.3 Å². The molecule has 3 rings (SSSR count). The van der Waals surface area contributed by atoms with Crippen LogP contribution in [0.4, 0.5) is 0 Å². The van der Waals surface area contributed by atoms with Gasteiger partial charge in [0.25, 0.3) is 0 Å². The zero-order chi connectivity index (χ0) is 19.8. The fourth-order valence-corrected chi connectivity index (χ4v) is 4.34. The van der Waals surface area contributed by atoms with Gasteiger partial charge in [-0.15, -0.1) is 0 Å². The van der Waals surface area contributed by atoms with Gasteiger partial charge < -0.3 is 14.8 Å². The van der Waals surface area contributed by atoms with Gasteiger partial charge in [-0.25, -0.2) is 0 Å². The minimum Gasteiger partial charge on any atom is -0.367 e. The monoisotopic (exact) mass is 374 g/mol. The van der Waals surface area contributed by atoms with Crippen molar-refractivity contribution in [1.82, 2.24) is 10.2 Å². The van der Waals surface area contributed by atoms with Gasteiger partial charge >= 0.3 is 0 Å². The van der Waals surface area contributed by atoms with Gasteiger partial charge in [0, 0.05) is 26.1 Å². The molecule has 150 valence electrons. The second kappa shape index (κ2) is 7.53. The van der Waals surface area contributed by atoms with Crippen LogP contribution in [-0.4, -0.2) is 53.3 Å². The molecule has 0 radical (unpaired) electrons. The second-order valence-electron chi connectivity index (χ2n) is 8.76. The number of hydrogen-bond donors (Lipinski definition) is 1. The number of benzene rings is 1. The van der Waals surface area contributed by atoms with E-state index in [1.807, 2.05) is 18.2 Å². The molecule has 0 saturated carbocycles. The zero-order valence-electron chi connectivity index (χ0n) is 17.5. The van der Waals surface area contributed by atoms with Crippen molar-refractivity contribution < 1.29 is 14.3 Å². The summed E-state index contributed by atoms with van der Waals surface area (Å²) in [5.41, 5.74) is 0.417. The number of nitrogens with zero attached hydrogens (tertiary/aromatic N) is 1. The molecule has 1 aromatic rings. The molecule has 4 atom stereocenters. The molecule has 0 aliphatic carbocycles. The van der Waals surface area contributed by atoms with E-state index in [2.05, 4.69) is 57.0 Å². The Labute approximate surface area is 163 Å². The van der Waals surface area contributed by atoms with Gasteiger partial charge in [0.2, 0.25) is 5.91 Å². The molecule has 1 amide bonds. The molecule has 0 spiro atoms. The molecular formula is C22H34N2O3. The summed E-state index contributed by atoms with van der Waals surface area (Å²) in [6.45, 7) is 11.3. The summed E-state index contributed by atoms with van der Waals surface area (Å²) >= 11 is 0. The molecule has 0 aromatic heterocycles. The molecule has 2 heterocycles.